The van der Waals surface area contributed by atoms with Gasteiger partial charge in [-0.25, -0.2) is 0 Å². The van der Waals surface area contributed by atoms with Gasteiger partial charge in [-0.05, 0) is 56.0 Å². The first-order valence-electron chi connectivity index (χ1n) is 8.25. The van der Waals surface area contributed by atoms with Crippen molar-refractivity contribution in [1.82, 2.24) is 4.98 Å². The number of aromatic amines is 1. The molecule has 0 unspecified atom stereocenters. The average molecular weight is 321 g/mol. The number of hydrogen-bond donors (Lipinski definition) is 1. The van der Waals surface area contributed by atoms with Gasteiger partial charge in [-0.3, -0.25) is 4.79 Å². The van der Waals surface area contributed by atoms with E-state index >= 15 is 0 Å². The zero-order chi connectivity index (χ0) is 16.5. The van der Waals surface area contributed by atoms with E-state index in [4.69, 9.17) is 9.47 Å². The summed E-state index contributed by atoms with van der Waals surface area (Å²) in [6, 6.07) is 13.1. The Morgan fingerprint density at radius 1 is 1.00 bits per heavy atom. The number of H-pyrrole nitrogens is 1. The van der Waals surface area contributed by atoms with Gasteiger partial charge in [0, 0.05) is 22.2 Å². The Labute approximate surface area is 140 Å². The molecule has 0 radical (unpaired) electrons. The third-order valence-corrected chi connectivity index (χ3v) is 4.56. The number of aromatic nitrogens is 1. The van der Waals surface area contributed by atoms with E-state index in [-0.39, 0.29) is 5.43 Å². The Hall–Kier alpha value is -2.75. The van der Waals surface area contributed by atoms with Crippen molar-refractivity contribution in [3.63, 3.8) is 0 Å². The molecule has 0 atom stereocenters. The van der Waals surface area contributed by atoms with Gasteiger partial charge in [0.2, 0.25) is 0 Å². The predicted molar refractivity (Wildman–Crippen MR) is 94.3 cm³/mol. The highest BCUT2D eigenvalue weighted by Crippen LogP contribution is 2.32. The summed E-state index contributed by atoms with van der Waals surface area (Å²) >= 11 is 0. The van der Waals surface area contributed by atoms with Gasteiger partial charge < -0.3 is 14.5 Å². The minimum absolute atomic E-state index is 0.129. The van der Waals surface area contributed by atoms with E-state index in [9.17, 15) is 4.79 Å². The van der Waals surface area contributed by atoms with E-state index in [1.807, 2.05) is 42.5 Å². The minimum atomic E-state index is 0.129. The predicted octanol–water partition coefficient (Wildman–Crippen LogP) is 4.21. The van der Waals surface area contributed by atoms with Gasteiger partial charge in [0.25, 0.3) is 0 Å². The molecule has 0 fully saturated rings. The number of methoxy groups -OCH3 is 1. The first-order chi connectivity index (χ1) is 11.8. The molecular formula is C20H19NO3. The second-order valence-electron chi connectivity index (χ2n) is 6.08. The third kappa shape index (κ3) is 2.54. The van der Waals surface area contributed by atoms with Crippen LogP contribution in [0, 0.1) is 0 Å². The molecule has 2 aromatic carbocycles. The van der Waals surface area contributed by atoms with Crippen molar-refractivity contribution in [3.8, 4) is 17.2 Å². The van der Waals surface area contributed by atoms with Crippen LogP contribution >= 0.6 is 0 Å². The Bertz CT molecular complexity index is 959. The Kier molecular flexibility index (Phi) is 3.73. The normalized spacial score (nSPS) is 13.5. The highest BCUT2D eigenvalue weighted by atomic mass is 16.5. The molecule has 0 bridgehead atoms. The zero-order valence-electron chi connectivity index (χ0n) is 13.6. The second kappa shape index (κ2) is 6.04. The lowest BCUT2D eigenvalue weighted by Gasteiger charge is -2.16. The minimum Gasteiger partial charge on any atom is -0.493 e. The summed E-state index contributed by atoms with van der Waals surface area (Å²) < 4.78 is 11.2. The fourth-order valence-corrected chi connectivity index (χ4v) is 3.33. The lowest BCUT2D eigenvalue weighted by atomic mass is 9.94. The van der Waals surface area contributed by atoms with E-state index in [2.05, 4.69) is 4.98 Å². The van der Waals surface area contributed by atoms with Crippen molar-refractivity contribution >= 4 is 10.9 Å². The van der Waals surface area contributed by atoms with Crippen LogP contribution in [-0.2, 0) is 12.8 Å². The third-order valence-electron chi connectivity index (χ3n) is 4.56. The van der Waals surface area contributed by atoms with Gasteiger partial charge in [-0.15, -0.1) is 0 Å². The van der Waals surface area contributed by atoms with Crippen molar-refractivity contribution in [3.05, 3.63) is 63.9 Å². The summed E-state index contributed by atoms with van der Waals surface area (Å²) in [6.07, 6.45) is 4.04. The molecular weight excluding hydrogens is 302 g/mol. The van der Waals surface area contributed by atoms with Crippen LogP contribution in [0.2, 0.25) is 0 Å². The van der Waals surface area contributed by atoms with Crippen molar-refractivity contribution in [2.24, 2.45) is 0 Å². The van der Waals surface area contributed by atoms with Crippen molar-refractivity contribution in [1.29, 1.82) is 0 Å². The zero-order valence-corrected chi connectivity index (χ0v) is 13.6. The van der Waals surface area contributed by atoms with Crippen LogP contribution in [0.4, 0.5) is 0 Å². The van der Waals surface area contributed by atoms with Crippen LogP contribution in [0.1, 0.15) is 24.1 Å². The summed E-state index contributed by atoms with van der Waals surface area (Å²) in [5.41, 5.74) is 3.03. The molecule has 122 valence electrons. The molecule has 1 N–H and O–H groups in total. The molecule has 4 heteroatoms. The molecule has 3 aromatic rings. The SMILES string of the molecule is COc1ccccc1Oc1ccc2[nH]c3c(c(=O)c2c1)CCCC3. The smallest absolute Gasteiger partial charge is 0.192 e. The van der Waals surface area contributed by atoms with Crippen LogP contribution in [0.5, 0.6) is 17.2 Å². The Balaban J connectivity index is 1.78. The number of rotatable bonds is 3. The topological polar surface area (TPSA) is 51.3 Å². The summed E-state index contributed by atoms with van der Waals surface area (Å²) in [7, 11) is 1.61. The Morgan fingerprint density at radius 2 is 1.79 bits per heavy atom. The van der Waals surface area contributed by atoms with E-state index in [0.29, 0.717) is 22.6 Å². The highest BCUT2D eigenvalue weighted by molar-refractivity contribution is 5.81. The molecule has 4 rings (SSSR count). The first-order valence-corrected chi connectivity index (χ1v) is 8.25. The number of aryl methyl sites for hydroxylation is 1. The van der Waals surface area contributed by atoms with Crippen LogP contribution < -0.4 is 14.9 Å². The molecule has 0 saturated heterocycles. The summed E-state index contributed by atoms with van der Waals surface area (Å²) in [5.74, 6) is 1.93. The lowest BCUT2D eigenvalue weighted by molar-refractivity contribution is 0.379. The van der Waals surface area contributed by atoms with E-state index in [0.717, 1.165) is 42.5 Å². The maximum Gasteiger partial charge on any atom is 0.192 e. The van der Waals surface area contributed by atoms with Crippen molar-refractivity contribution in [2.45, 2.75) is 25.7 Å². The molecule has 1 aliphatic rings. The molecule has 24 heavy (non-hydrogen) atoms. The molecule has 1 aliphatic carbocycles. The Morgan fingerprint density at radius 3 is 2.62 bits per heavy atom. The lowest BCUT2D eigenvalue weighted by Crippen LogP contribution is -2.18. The van der Waals surface area contributed by atoms with E-state index < -0.39 is 0 Å². The molecule has 0 saturated carbocycles. The van der Waals surface area contributed by atoms with Crippen LogP contribution in [-0.4, -0.2) is 12.1 Å². The van der Waals surface area contributed by atoms with Gasteiger partial charge in [0.1, 0.15) is 5.75 Å². The molecule has 1 heterocycles. The number of nitrogens with one attached hydrogen (secondary N) is 1. The summed E-state index contributed by atoms with van der Waals surface area (Å²) in [5, 5.41) is 0.683. The van der Waals surface area contributed by atoms with Gasteiger partial charge in [0.05, 0.1) is 7.11 Å². The summed E-state index contributed by atoms with van der Waals surface area (Å²) in [4.78, 5) is 16.2. The largest absolute Gasteiger partial charge is 0.493 e. The van der Waals surface area contributed by atoms with Crippen molar-refractivity contribution in [2.75, 3.05) is 7.11 Å². The fraction of sp³-hybridized carbons (Fsp3) is 0.250. The molecule has 1 aromatic heterocycles. The summed E-state index contributed by atoms with van der Waals surface area (Å²) in [6.45, 7) is 0. The quantitative estimate of drug-likeness (QED) is 0.786. The van der Waals surface area contributed by atoms with Gasteiger partial charge in [-0.2, -0.15) is 0 Å². The van der Waals surface area contributed by atoms with Gasteiger partial charge in [0.15, 0.2) is 16.9 Å². The fourth-order valence-electron chi connectivity index (χ4n) is 3.33. The number of pyridine rings is 1. The number of para-hydroxylation sites is 2. The highest BCUT2D eigenvalue weighted by Gasteiger charge is 2.16. The molecule has 0 aliphatic heterocycles. The maximum absolute atomic E-state index is 12.8. The van der Waals surface area contributed by atoms with Crippen LogP contribution in [0.15, 0.2) is 47.3 Å². The maximum atomic E-state index is 12.8. The van der Waals surface area contributed by atoms with Gasteiger partial charge >= 0.3 is 0 Å². The first kappa shape index (κ1) is 14.8. The molecule has 4 nitrogen and oxygen atoms in total. The van der Waals surface area contributed by atoms with Crippen LogP contribution in [0.3, 0.4) is 0 Å². The van der Waals surface area contributed by atoms with E-state index in [1.165, 1.54) is 0 Å². The second-order valence-corrected chi connectivity index (χ2v) is 6.08. The monoisotopic (exact) mass is 321 g/mol. The van der Waals surface area contributed by atoms with Gasteiger partial charge in [-0.1, -0.05) is 12.1 Å². The van der Waals surface area contributed by atoms with Crippen LogP contribution in [0.25, 0.3) is 10.9 Å². The number of fused-ring (bicyclic) bond motifs is 2. The molecule has 0 spiro atoms. The van der Waals surface area contributed by atoms with Crippen molar-refractivity contribution < 1.29 is 9.47 Å². The van der Waals surface area contributed by atoms with E-state index in [1.54, 1.807) is 7.11 Å². The number of benzene rings is 2. The number of hydrogen-bond acceptors (Lipinski definition) is 3. The number of ether oxygens (including phenoxy) is 2. The average Bonchev–Trinajstić information content (AvgIpc) is 2.63. The standard InChI is InChI=1S/C20H19NO3/c1-23-18-8-4-5-9-19(18)24-13-10-11-17-15(12-13)20(22)14-6-2-3-7-16(14)21-17/h4-5,8-12H,2-3,6-7H2,1H3,(H,21,22). The molecule has 0 amide bonds.